The second-order valence-corrected chi connectivity index (χ2v) is 6.54. The monoisotopic (exact) mass is 292 g/mol. The molecule has 0 bridgehead atoms. The molecule has 3 nitrogen and oxygen atoms in total. The molecule has 0 saturated heterocycles. The van der Waals surface area contributed by atoms with E-state index in [9.17, 15) is 4.79 Å². The van der Waals surface area contributed by atoms with Crippen molar-refractivity contribution in [2.45, 2.75) is 31.7 Å². The summed E-state index contributed by atoms with van der Waals surface area (Å²) in [6.07, 6.45) is 4.73. The number of thiazole rings is 1. The Kier molecular flexibility index (Phi) is 3.66. The van der Waals surface area contributed by atoms with Crippen LogP contribution in [0.5, 0.6) is 0 Å². The average Bonchev–Trinajstić information content (AvgIpc) is 3.16. The largest absolute Gasteiger partial charge is 0.337 e. The van der Waals surface area contributed by atoms with Gasteiger partial charge in [-0.1, -0.05) is 12.8 Å². The predicted octanol–water partition coefficient (Wildman–Crippen LogP) is 3.89. The van der Waals surface area contributed by atoms with Crippen LogP contribution in [0, 0.1) is 0 Å². The van der Waals surface area contributed by atoms with Crippen LogP contribution in [-0.2, 0) is 0 Å². The van der Waals surface area contributed by atoms with Gasteiger partial charge < -0.3 is 4.90 Å². The summed E-state index contributed by atoms with van der Waals surface area (Å²) in [7, 11) is 1.90. The highest BCUT2D eigenvalue weighted by Gasteiger charge is 2.25. The smallest absolute Gasteiger partial charge is 0.273 e. The number of nitrogens with zero attached hydrogens (tertiary/aromatic N) is 2. The van der Waals surface area contributed by atoms with Crippen molar-refractivity contribution < 1.29 is 4.79 Å². The molecule has 2 aromatic heterocycles. The van der Waals surface area contributed by atoms with E-state index in [0.717, 1.165) is 23.4 Å². The van der Waals surface area contributed by atoms with Gasteiger partial charge in [-0.05, 0) is 24.3 Å². The highest BCUT2D eigenvalue weighted by Crippen LogP contribution is 2.28. The molecule has 0 N–H and O–H groups in total. The molecule has 1 aliphatic carbocycles. The minimum atomic E-state index is 0.0598. The van der Waals surface area contributed by atoms with E-state index >= 15 is 0 Å². The molecule has 100 valence electrons. The van der Waals surface area contributed by atoms with Gasteiger partial charge in [0.15, 0.2) is 0 Å². The fourth-order valence-electron chi connectivity index (χ4n) is 2.53. The Morgan fingerprint density at radius 2 is 2.16 bits per heavy atom. The van der Waals surface area contributed by atoms with Gasteiger partial charge in [0.05, 0.1) is 0 Å². The normalized spacial score (nSPS) is 15.8. The van der Waals surface area contributed by atoms with Crippen LogP contribution in [0.1, 0.15) is 36.2 Å². The fraction of sp³-hybridized carbons (Fsp3) is 0.429. The molecule has 0 radical (unpaired) electrons. The van der Waals surface area contributed by atoms with Crippen molar-refractivity contribution in [1.82, 2.24) is 9.88 Å². The number of rotatable bonds is 3. The maximum Gasteiger partial charge on any atom is 0.273 e. The molecule has 2 aromatic rings. The van der Waals surface area contributed by atoms with E-state index in [0.29, 0.717) is 11.7 Å². The first kappa shape index (κ1) is 12.8. The van der Waals surface area contributed by atoms with E-state index in [4.69, 9.17) is 0 Å². The lowest BCUT2D eigenvalue weighted by Gasteiger charge is -2.23. The number of carbonyl (C=O) groups is 1. The van der Waals surface area contributed by atoms with Crippen molar-refractivity contribution in [1.29, 1.82) is 0 Å². The van der Waals surface area contributed by atoms with E-state index in [1.807, 2.05) is 28.8 Å². The van der Waals surface area contributed by atoms with Crippen LogP contribution in [0.4, 0.5) is 0 Å². The Bertz CT molecular complexity index is 556. The second-order valence-electron chi connectivity index (χ2n) is 4.90. The lowest BCUT2D eigenvalue weighted by Crippen LogP contribution is -2.35. The topological polar surface area (TPSA) is 33.2 Å². The quantitative estimate of drug-likeness (QED) is 0.860. The molecular weight excluding hydrogens is 276 g/mol. The molecule has 1 aliphatic rings. The molecule has 0 unspecified atom stereocenters. The summed E-state index contributed by atoms with van der Waals surface area (Å²) in [5.74, 6) is 0.0598. The third-order valence-corrected chi connectivity index (χ3v) is 5.26. The molecule has 1 fully saturated rings. The lowest BCUT2D eigenvalue weighted by atomic mass is 10.2. The Labute approximate surface area is 120 Å². The maximum absolute atomic E-state index is 12.4. The third kappa shape index (κ3) is 2.58. The van der Waals surface area contributed by atoms with Crippen LogP contribution in [0.15, 0.2) is 22.2 Å². The Morgan fingerprint density at radius 3 is 2.84 bits per heavy atom. The molecule has 1 saturated carbocycles. The Balaban J connectivity index is 1.76. The van der Waals surface area contributed by atoms with Crippen molar-refractivity contribution in [3.63, 3.8) is 0 Å². The zero-order chi connectivity index (χ0) is 13.2. The molecule has 0 aromatic carbocycles. The van der Waals surface area contributed by atoms with Gasteiger partial charge in [-0.15, -0.1) is 11.3 Å². The standard InChI is InChI=1S/C14H16N2OS2/c1-16(11-4-2-3-5-11)14(17)12-9-19-13(15-12)10-6-7-18-8-10/h6-9,11H,2-5H2,1H3. The van der Waals surface area contributed by atoms with Crippen LogP contribution in [0.25, 0.3) is 10.6 Å². The maximum atomic E-state index is 12.4. The number of thiophene rings is 1. The Morgan fingerprint density at radius 1 is 1.37 bits per heavy atom. The lowest BCUT2D eigenvalue weighted by molar-refractivity contribution is 0.0730. The van der Waals surface area contributed by atoms with Crippen molar-refractivity contribution in [2.75, 3.05) is 7.05 Å². The summed E-state index contributed by atoms with van der Waals surface area (Å²) in [5, 5.41) is 6.90. The van der Waals surface area contributed by atoms with Crippen LogP contribution < -0.4 is 0 Å². The first-order valence-corrected chi connectivity index (χ1v) is 8.33. The molecule has 5 heteroatoms. The van der Waals surface area contributed by atoms with Crippen molar-refractivity contribution in [3.8, 4) is 10.6 Å². The van der Waals surface area contributed by atoms with Gasteiger partial charge in [-0.25, -0.2) is 4.98 Å². The first-order chi connectivity index (χ1) is 9.25. The summed E-state index contributed by atoms with van der Waals surface area (Å²) in [5.41, 5.74) is 1.69. The third-order valence-electron chi connectivity index (χ3n) is 3.68. The molecule has 19 heavy (non-hydrogen) atoms. The van der Waals surface area contributed by atoms with E-state index in [1.165, 1.54) is 12.8 Å². The molecule has 0 atom stereocenters. The minimum Gasteiger partial charge on any atom is -0.337 e. The number of aromatic nitrogens is 1. The van der Waals surface area contributed by atoms with E-state index in [2.05, 4.69) is 10.4 Å². The van der Waals surface area contributed by atoms with Gasteiger partial charge in [-0.2, -0.15) is 11.3 Å². The minimum absolute atomic E-state index is 0.0598. The van der Waals surface area contributed by atoms with E-state index in [-0.39, 0.29) is 5.91 Å². The van der Waals surface area contributed by atoms with Crippen molar-refractivity contribution in [2.24, 2.45) is 0 Å². The van der Waals surface area contributed by atoms with Gasteiger partial charge in [0.25, 0.3) is 5.91 Å². The molecule has 3 rings (SSSR count). The number of hydrogen-bond acceptors (Lipinski definition) is 4. The van der Waals surface area contributed by atoms with Crippen LogP contribution >= 0.6 is 22.7 Å². The molecule has 1 amide bonds. The number of carbonyl (C=O) groups excluding carboxylic acids is 1. The number of amides is 1. The predicted molar refractivity (Wildman–Crippen MR) is 79.8 cm³/mol. The van der Waals surface area contributed by atoms with E-state index in [1.54, 1.807) is 22.7 Å². The zero-order valence-corrected chi connectivity index (χ0v) is 12.5. The summed E-state index contributed by atoms with van der Waals surface area (Å²) in [6, 6.07) is 2.44. The SMILES string of the molecule is CN(C(=O)c1csc(-c2ccsc2)n1)C1CCCC1. The second kappa shape index (κ2) is 5.43. The van der Waals surface area contributed by atoms with Crippen LogP contribution in [-0.4, -0.2) is 28.9 Å². The summed E-state index contributed by atoms with van der Waals surface area (Å²) >= 11 is 3.19. The molecule has 2 heterocycles. The zero-order valence-electron chi connectivity index (χ0n) is 10.8. The van der Waals surface area contributed by atoms with E-state index < -0.39 is 0 Å². The summed E-state index contributed by atoms with van der Waals surface area (Å²) in [6.45, 7) is 0. The van der Waals surface area contributed by atoms with Gasteiger partial charge in [0.2, 0.25) is 0 Å². The first-order valence-electron chi connectivity index (χ1n) is 6.51. The van der Waals surface area contributed by atoms with Crippen LogP contribution in [0.3, 0.4) is 0 Å². The van der Waals surface area contributed by atoms with Crippen molar-refractivity contribution >= 4 is 28.6 Å². The highest BCUT2D eigenvalue weighted by atomic mass is 32.1. The summed E-state index contributed by atoms with van der Waals surface area (Å²) < 4.78 is 0. The van der Waals surface area contributed by atoms with Crippen molar-refractivity contribution in [3.05, 3.63) is 27.9 Å². The van der Waals surface area contributed by atoms with Gasteiger partial charge >= 0.3 is 0 Å². The molecule has 0 spiro atoms. The molecular formula is C14H16N2OS2. The van der Waals surface area contributed by atoms with Gasteiger partial charge in [0.1, 0.15) is 10.7 Å². The fourth-order valence-corrected chi connectivity index (χ4v) is 4.03. The highest BCUT2D eigenvalue weighted by molar-refractivity contribution is 7.14. The van der Waals surface area contributed by atoms with Crippen LogP contribution in [0.2, 0.25) is 0 Å². The average molecular weight is 292 g/mol. The summed E-state index contributed by atoms with van der Waals surface area (Å²) in [4.78, 5) is 18.7. The molecule has 0 aliphatic heterocycles. The van der Waals surface area contributed by atoms with Gasteiger partial charge in [-0.3, -0.25) is 4.79 Å². The number of hydrogen-bond donors (Lipinski definition) is 0. The Hall–Kier alpha value is -1.20. The van der Waals surface area contributed by atoms with Gasteiger partial charge in [0, 0.05) is 29.4 Å².